The van der Waals surface area contributed by atoms with Crippen molar-refractivity contribution in [2.24, 2.45) is 5.73 Å². The first-order valence-electron chi connectivity index (χ1n) is 7.95. The number of nitrogens with two attached hydrogens (primary N) is 1. The molecule has 2 unspecified atom stereocenters. The zero-order valence-corrected chi connectivity index (χ0v) is 13.8. The number of likely N-dealkylation sites (N-methyl/N-ethyl adjacent to an activating group) is 1. The molecule has 2 atom stereocenters. The van der Waals surface area contributed by atoms with Crippen molar-refractivity contribution in [3.8, 4) is 5.75 Å². The van der Waals surface area contributed by atoms with E-state index in [2.05, 4.69) is 42.0 Å². The van der Waals surface area contributed by atoms with Gasteiger partial charge >= 0.3 is 0 Å². The van der Waals surface area contributed by atoms with Crippen LogP contribution in [0.15, 0.2) is 18.2 Å². The van der Waals surface area contributed by atoms with E-state index in [1.54, 1.807) is 0 Å². The van der Waals surface area contributed by atoms with Crippen LogP contribution in [0.1, 0.15) is 37.9 Å². The fourth-order valence-electron chi connectivity index (χ4n) is 2.81. The van der Waals surface area contributed by atoms with E-state index in [0.717, 1.165) is 31.9 Å². The highest BCUT2D eigenvalue weighted by molar-refractivity contribution is 5.38. The van der Waals surface area contributed by atoms with Gasteiger partial charge in [-0.05, 0) is 45.5 Å². The minimum absolute atomic E-state index is 0.0610. The molecule has 1 aliphatic heterocycles. The fraction of sp³-hybridized carbons (Fsp3) is 0.647. The molecule has 4 heteroatoms. The summed E-state index contributed by atoms with van der Waals surface area (Å²) in [6.07, 6.45) is 0. The van der Waals surface area contributed by atoms with Crippen molar-refractivity contribution in [1.82, 2.24) is 9.80 Å². The second-order valence-corrected chi connectivity index (χ2v) is 6.15. The lowest BCUT2D eigenvalue weighted by atomic mass is 10.0. The number of piperazine rings is 1. The van der Waals surface area contributed by atoms with Crippen LogP contribution < -0.4 is 10.5 Å². The standard InChI is InChI=1S/C17H29N3O/c1-5-21-17-7-6-15(14(3)18)10-16(17)12-20-9-8-19(4)13(2)11-20/h6-7,10,13-14H,5,8-9,11-12,18H2,1-4H3. The van der Waals surface area contributed by atoms with Crippen molar-refractivity contribution in [3.63, 3.8) is 0 Å². The molecule has 0 radical (unpaired) electrons. The van der Waals surface area contributed by atoms with Crippen LogP contribution in [0.4, 0.5) is 0 Å². The van der Waals surface area contributed by atoms with Crippen LogP contribution in [0.3, 0.4) is 0 Å². The number of ether oxygens (including phenoxy) is 1. The minimum Gasteiger partial charge on any atom is -0.494 e. The Morgan fingerprint density at radius 3 is 2.76 bits per heavy atom. The van der Waals surface area contributed by atoms with E-state index in [0.29, 0.717) is 12.6 Å². The maximum absolute atomic E-state index is 6.02. The molecule has 1 fully saturated rings. The molecule has 1 saturated heterocycles. The van der Waals surface area contributed by atoms with Crippen molar-refractivity contribution < 1.29 is 4.74 Å². The molecular weight excluding hydrogens is 262 g/mol. The Balaban J connectivity index is 2.14. The van der Waals surface area contributed by atoms with Gasteiger partial charge in [0.15, 0.2) is 0 Å². The predicted molar refractivity (Wildman–Crippen MR) is 87.6 cm³/mol. The summed E-state index contributed by atoms with van der Waals surface area (Å²) in [5.74, 6) is 0.994. The second-order valence-electron chi connectivity index (χ2n) is 6.15. The number of hydrogen-bond acceptors (Lipinski definition) is 4. The van der Waals surface area contributed by atoms with E-state index < -0.39 is 0 Å². The molecule has 1 heterocycles. The van der Waals surface area contributed by atoms with Gasteiger partial charge in [-0.25, -0.2) is 0 Å². The minimum atomic E-state index is 0.0610. The van der Waals surface area contributed by atoms with Gasteiger partial charge < -0.3 is 15.4 Å². The largest absolute Gasteiger partial charge is 0.494 e. The molecule has 1 aromatic carbocycles. The van der Waals surface area contributed by atoms with Gasteiger partial charge in [-0.1, -0.05) is 6.07 Å². The Morgan fingerprint density at radius 1 is 1.38 bits per heavy atom. The normalized spacial score (nSPS) is 22.2. The van der Waals surface area contributed by atoms with Crippen molar-refractivity contribution in [2.75, 3.05) is 33.3 Å². The third-order valence-corrected chi connectivity index (χ3v) is 4.35. The summed E-state index contributed by atoms with van der Waals surface area (Å²) in [7, 11) is 2.20. The predicted octanol–water partition coefficient (Wildman–Crippen LogP) is 2.24. The number of rotatable bonds is 5. The molecule has 2 rings (SSSR count). The third-order valence-electron chi connectivity index (χ3n) is 4.35. The summed E-state index contributed by atoms with van der Waals surface area (Å²) >= 11 is 0. The molecule has 0 bridgehead atoms. The molecule has 0 amide bonds. The highest BCUT2D eigenvalue weighted by atomic mass is 16.5. The van der Waals surface area contributed by atoms with Gasteiger partial charge in [-0.2, -0.15) is 0 Å². The third kappa shape index (κ3) is 4.19. The van der Waals surface area contributed by atoms with Gasteiger partial charge in [-0.3, -0.25) is 4.90 Å². The summed E-state index contributed by atoms with van der Waals surface area (Å²) in [4.78, 5) is 4.92. The van der Waals surface area contributed by atoms with E-state index in [1.165, 1.54) is 11.1 Å². The van der Waals surface area contributed by atoms with Crippen molar-refractivity contribution in [1.29, 1.82) is 0 Å². The van der Waals surface area contributed by atoms with Crippen molar-refractivity contribution in [3.05, 3.63) is 29.3 Å². The maximum Gasteiger partial charge on any atom is 0.123 e. The smallest absolute Gasteiger partial charge is 0.123 e. The van der Waals surface area contributed by atoms with Gasteiger partial charge in [0.1, 0.15) is 5.75 Å². The molecule has 118 valence electrons. The topological polar surface area (TPSA) is 41.7 Å². The van der Waals surface area contributed by atoms with Crippen LogP contribution in [0.25, 0.3) is 0 Å². The molecule has 0 spiro atoms. The van der Waals surface area contributed by atoms with E-state index in [9.17, 15) is 0 Å². The van der Waals surface area contributed by atoms with Crippen molar-refractivity contribution in [2.45, 2.75) is 39.4 Å². The van der Waals surface area contributed by atoms with Crippen LogP contribution >= 0.6 is 0 Å². The zero-order chi connectivity index (χ0) is 15.4. The van der Waals surface area contributed by atoms with Crippen LogP contribution in [0.2, 0.25) is 0 Å². The Morgan fingerprint density at radius 2 is 2.14 bits per heavy atom. The molecule has 0 saturated carbocycles. The zero-order valence-electron chi connectivity index (χ0n) is 13.8. The van der Waals surface area contributed by atoms with E-state index in [4.69, 9.17) is 10.5 Å². The first-order valence-corrected chi connectivity index (χ1v) is 7.95. The van der Waals surface area contributed by atoms with Crippen LogP contribution in [-0.2, 0) is 6.54 Å². The Hall–Kier alpha value is -1.10. The molecule has 1 aliphatic rings. The highest BCUT2D eigenvalue weighted by Crippen LogP contribution is 2.25. The molecule has 2 N–H and O–H groups in total. The average molecular weight is 291 g/mol. The summed E-state index contributed by atoms with van der Waals surface area (Å²) in [5, 5.41) is 0. The van der Waals surface area contributed by atoms with Gasteiger partial charge in [0.05, 0.1) is 6.61 Å². The average Bonchev–Trinajstić information content (AvgIpc) is 2.45. The second kappa shape index (κ2) is 7.25. The van der Waals surface area contributed by atoms with Gasteiger partial charge in [0.2, 0.25) is 0 Å². The maximum atomic E-state index is 6.02. The summed E-state index contributed by atoms with van der Waals surface area (Å²) in [5.41, 5.74) is 8.45. The van der Waals surface area contributed by atoms with E-state index >= 15 is 0 Å². The van der Waals surface area contributed by atoms with Gasteiger partial charge in [0.25, 0.3) is 0 Å². The number of hydrogen-bond donors (Lipinski definition) is 1. The van der Waals surface area contributed by atoms with Gasteiger partial charge in [0, 0.05) is 43.8 Å². The molecular formula is C17H29N3O. The molecule has 1 aromatic rings. The lowest BCUT2D eigenvalue weighted by Crippen LogP contribution is -2.49. The molecule has 0 aromatic heterocycles. The first-order chi connectivity index (χ1) is 10.0. The van der Waals surface area contributed by atoms with Crippen LogP contribution in [0.5, 0.6) is 5.75 Å². The molecule has 21 heavy (non-hydrogen) atoms. The summed E-state index contributed by atoms with van der Waals surface area (Å²) in [6, 6.07) is 7.01. The molecule has 4 nitrogen and oxygen atoms in total. The summed E-state index contributed by atoms with van der Waals surface area (Å²) in [6.45, 7) is 11.3. The van der Waals surface area contributed by atoms with Crippen LogP contribution in [-0.4, -0.2) is 49.1 Å². The lowest BCUT2D eigenvalue weighted by molar-refractivity contribution is 0.0991. The van der Waals surface area contributed by atoms with Gasteiger partial charge in [-0.15, -0.1) is 0 Å². The highest BCUT2D eigenvalue weighted by Gasteiger charge is 2.21. The SMILES string of the molecule is CCOc1ccc(C(C)N)cc1CN1CCN(C)C(C)C1. The fourth-order valence-corrected chi connectivity index (χ4v) is 2.81. The summed E-state index contributed by atoms with van der Waals surface area (Å²) < 4.78 is 5.78. The number of benzene rings is 1. The van der Waals surface area contributed by atoms with E-state index in [1.807, 2.05) is 13.8 Å². The Labute approximate surface area is 128 Å². The Kier molecular flexibility index (Phi) is 5.62. The van der Waals surface area contributed by atoms with Crippen molar-refractivity contribution >= 4 is 0 Å². The van der Waals surface area contributed by atoms with Crippen LogP contribution in [0, 0.1) is 0 Å². The monoisotopic (exact) mass is 291 g/mol. The lowest BCUT2D eigenvalue weighted by Gasteiger charge is -2.38. The quantitative estimate of drug-likeness (QED) is 0.903. The molecule has 0 aliphatic carbocycles. The first kappa shape index (κ1) is 16.3. The van der Waals surface area contributed by atoms with E-state index in [-0.39, 0.29) is 6.04 Å². The Bertz CT molecular complexity index is 461. The number of nitrogens with zero attached hydrogens (tertiary/aromatic N) is 2.